The molecule has 20 heavy (non-hydrogen) atoms. The summed E-state index contributed by atoms with van der Waals surface area (Å²) in [6, 6.07) is 5.73. The number of hydrogen-bond donors (Lipinski definition) is 1. The Labute approximate surface area is 127 Å². The molecule has 1 amide bonds. The van der Waals surface area contributed by atoms with Crippen molar-refractivity contribution in [3.05, 3.63) is 46.2 Å². The lowest BCUT2D eigenvalue weighted by molar-refractivity contribution is -0.119. The minimum absolute atomic E-state index is 0.0446. The van der Waals surface area contributed by atoms with E-state index in [4.69, 9.17) is 0 Å². The molecule has 0 bridgehead atoms. The van der Waals surface area contributed by atoms with Crippen molar-refractivity contribution in [2.45, 2.75) is 33.2 Å². The van der Waals surface area contributed by atoms with Gasteiger partial charge in [-0.3, -0.25) is 9.48 Å². The fourth-order valence-corrected chi connectivity index (χ4v) is 2.37. The number of nitrogens with zero attached hydrogens (tertiary/aromatic N) is 2. The number of carbonyl (C=O) groups excluding carboxylic acids is 1. The van der Waals surface area contributed by atoms with E-state index in [1.54, 1.807) is 10.9 Å². The van der Waals surface area contributed by atoms with E-state index in [0.29, 0.717) is 6.42 Å². The van der Waals surface area contributed by atoms with Gasteiger partial charge >= 0.3 is 0 Å². The molecule has 0 fully saturated rings. The molecule has 1 aromatic carbocycles. The fraction of sp³-hybridized carbons (Fsp3) is 0.333. The third-order valence-corrected chi connectivity index (χ3v) is 3.64. The molecule has 1 aromatic heterocycles. The normalized spacial score (nSPS) is 12.2. The fourth-order valence-electron chi connectivity index (χ4n) is 2.06. The molecule has 0 saturated carbocycles. The van der Waals surface area contributed by atoms with E-state index in [9.17, 15) is 4.79 Å². The highest BCUT2D eigenvalue weighted by molar-refractivity contribution is 9.10. The summed E-state index contributed by atoms with van der Waals surface area (Å²) in [4.78, 5) is 12.4. The monoisotopic (exact) mass is 335 g/mol. The first-order valence-corrected chi connectivity index (χ1v) is 7.38. The second-order valence-corrected chi connectivity index (χ2v) is 5.79. The zero-order chi connectivity index (χ0) is 14.7. The van der Waals surface area contributed by atoms with Crippen molar-refractivity contribution in [2.24, 2.45) is 0 Å². The minimum Gasteiger partial charge on any atom is -0.324 e. The van der Waals surface area contributed by atoms with E-state index in [0.717, 1.165) is 21.3 Å². The molecule has 106 valence electrons. The maximum absolute atomic E-state index is 12.4. The number of amides is 1. The van der Waals surface area contributed by atoms with E-state index in [1.807, 2.05) is 45.2 Å². The third-order valence-electron chi connectivity index (χ3n) is 3.23. The summed E-state index contributed by atoms with van der Waals surface area (Å²) in [5.41, 5.74) is 3.04. The summed E-state index contributed by atoms with van der Waals surface area (Å²) < 4.78 is 2.56. The van der Waals surface area contributed by atoms with E-state index >= 15 is 0 Å². The third kappa shape index (κ3) is 3.28. The molecule has 1 atom stereocenters. The quantitative estimate of drug-likeness (QED) is 0.922. The number of anilines is 1. The van der Waals surface area contributed by atoms with Gasteiger partial charge in [0, 0.05) is 11.9 Å². The lowest BCUT2D eigenvalue weighted by Gasteiger charge is -2.17. The molecule has 1 unspecified atom stereocenters. The van der Waals surface area contributed by atoms with Crippen molar-refractivity contribution < 1.29 is 4.79 Å². The highest BCUT2D eigenvalue weighted by Gasteiger charge is 2.19. The van der Waals surface area contributed by atoms with Gasteiger partial charge in [-0.2, -0.15) is 5.10 Å². The van der Waals surface area contributed by atoms with Crippen LogP contribution in [-0.4, -0.2) is 15.7 Å². The second kappa shape index (κ2) is 6.22. The van der Waals surface area contributed by atoms with Crippen molar-refractivity contribution in [1.29, 1.82) is 0 Å². The van der Waals surface area contributed by atoms with Crippen LogP contribution in [0, 0.1) is 13.8 Å². The van der Waals surface area contributed by atoms with Crippen LogP contribution in [0.4, 0.5) is 5.69 Å². The average Bonchev–Trinajstić information content (AvgIpc) is 2.81. The number of aryl methyl sites for hydroxylation is 2. The molecule has 0 aliphatic rings. The highest BCUT2D eigenvalue weighted by atomic mass is 79.9. The Kier molecular flexibility index (Phi) is 4.60. The minimum atomic E-state index is -0.304. The molecule has 0 saturated heterocycles. The van der Waals surface area contributed by atoms with E-state index < -0.39 is 0 Å². The molecule has 2 aromatic rings. The van der Waals surface area contributed by atoms with Gasteiger partial charge in [-0.05, 0) is 53.4 Å². The Balaban J connectivity index is 2.19. The van der Waals surface area contributed by atoms with E-state index in [1.165, 1.54) is 0 Å². The number of carbonyl (C=O) groups is 1. The van der Waals surface area contributed by atoms with Crippen LogP contribution in [0.15, 0.2) is 35.1 Å². The molecule has 5 heteroatoms. The molecule has 0 aliphatic carbocycles. The summed E-state index contributed by atoms with van der Waals surface area (Å²) in [6.45, 7) is 5.97. The van der Waals surface area contributed by atoms with Crippen LogP contribution in [0.1, 0.15) is 30.5 Å². The summed E-state index contributed by atoms with van der Waals surface area (Å²) in [5, 5.41) is 7.19. The van der Waals surface area contributed by atoms with Crippen molar-refractivity contribution in [1.82, 2.24) is 9.78 Å². The largest absolute Gasteiger partial charge is 0.324 e. The van der Waals surface area contributed by atoms with Crippen molar-refractivity contribution >= 4 is 27.5 Å². The first-order valence-electron chi connectivity index (χ1n) is 6.59. The number of hydrogen-bond acceptors (Lipinski definition) is 2. The van der Waals surface area contributed by atoms with Gasteiger partial charge in [0.25, 0.3) is 0 Å². The highest BCUT2D eigenvalue weighted by Crippen LogP contribution is 2.20. The molecule has 0 radical (unpaired) electrons. The van der Waals surface area contributed by atoms with Gasteiger partial charge in [-0.25, -0.2) is 0 Å². The first-order chi connectivity index (χ1) is 9.51. The number of aromatic nitrogens is 2. The lowest BCUT2D eigenvalue weighted by Crippen LogP contribution is -2.26. The van der Waals surface area contributed by atoms with E-state index in [2.05, 4.69) is 26.3 Å². The molecule has 1 N–H and O–H groups in total. The Morgan fingerprint density at radius 2 is 2.20 bits per heavy atom. The number of halogens is 1. The van der Waals surface area contributed by atoms with Crippen molar-refractivity contribution in [3.63, 3.8) is 0 Å². The van der Waals surface area contributed by atoms with Crippen LogP contribution < -0.4 is 5.32 Å². The summed E-state index contributed by atoms with van der Waals surface area (Å²) in [6.07, 6.45) is 4.19. The van der Waals surface area contributed by atoms with Crippen molar-refractivity contribution in [2.75, 3.05) is 5.32 Å². The predicted octanol–water partition coefficient (Wildman–Crippen LogP) is 3.85. The lowest BCUT2D eigenvalue weighted by atomic mass is 10.1. The summed E-state index contributed by atoms with van der Waals surface area (Å²) in [5.74, 6) is -0.0446. The van der Waals surface area contributed by atoms with Crippen LogP contribution >= 0.6 is 15.9 Å². The first kappa shape index (κ1) is 14.8. The SMILES string of the molecule is CCC(C(=O)Nc1cc(C)ccc1C)n1cc(Br)cn1. The van der Waals surface area contributed by atoms with Crippen LogP contribution in [0.25, 0.3) is 0 Å². The Morgan fingerprint density at radius 1 is 1.45 bits per heavy atom. The topological polar surface area (TPSA) is 46.9 Å². The van der Waals surface area contributed by atoms with Crippen LogP contribution in [0.3, 0.4) is 0 Å². The molecular weight excluding hydrogens is 318 g/mol. The molecular formula is C15H18BrN3O. The van der Waals surface area contributed by atoms with Gasteiger partial charge in [0.2, 0.25) is 5.91 Å². The molecule has 0 aliphatic heterocycles. The zero-order valence-electron chi connectivity index (χ0n) is 11.9. The standard InChI is InChI=1S/C15H18BrN3O/c1-4-14(19-9-12(16)8-17-19)15(20)18-13-7-10(2)5-6-11(13)3/h5-9,14H,4H2,1-3H3,(H,18,20). The van der Waals surface area contributed by atoms with Gasteiger partial charge in [-0.1, -0.05) is 19.1 Å². The second-order valence-electron chi connectivity index (χ2n) is 4.87. The Bertz CT molecular complexity index is 621. The van der Waals surface area contributed by atoms with Crippen molar-refractivity contribution in [3.8, 4) is 0 Å². The van der Waals surface area contributed by atoms with Gasteiger partial charge in [0.15, 0.2) is 0 Å². The van der Waals surface area contributed by atoms with Crippen LogP contribution in [0.5, 0.6) is 0 Å². The molecule has 1 heterocycles. The maximum Gasteiger partial charge on any atom is 0.249 e. The predicted molar refractivity (Wildman–Crippen MR) is 83.8 cm³/mol. The van der Waals surface area contributed by atoms with Gasteiger partial charge in [0.1, 0.15) is 6.04 Å². The number of rotatable bonds is 4. The molecule has 0 spiro atoms. The number of benzene rings is 1. The van der Waals surface area contributed by atoms with E-state index in [-0.39, 0.29) is 11.9 Å². The van der Waals surface area contributed by atoms with Crippen LogP contribution in [-0.2, 0) is 4.79 Å². The summed E-state index contributed by atoms with van der Waals surface area (Å²) >= 11 is 3.35. The van der Waals surface area contributed by atoms with Crippen LogP contribution in [0.2, 0.25) is 0 Å². The Morgan fingerprint density at radius 3 is 2.80 bits per heavy atom. The van der Waals surface area contributed by atoms with Gasteiger partial charge < -0.3 is 5.32 Å². The average molecular weight is 336 g/mol. The zero-order valence-corrected chi connectivity index (χ0v) is 13.4. The smallest absolute Gasteiger partial charge is 0.249 e. The molecule has 4 nitrogen and oxygen atoms in total. The molecule has 2 rings (SSSR count). The Hall–Kier alpha value is -1.62. The number of nitrogens with one attached hydrogen (secondary N) is 1. The van der Waals surface area contributed by atoms with Gasteiger partial charge in [-0.15, -0.1) is 0 Å². The van der Waals surface area contributed by atoms with Gasteiger partial charge in [0.05, 0.1) is 10.7 Å². The maximum atomic E-state index is 12.4. The summed E-state index contributed by atoms with van der Waals surface area (Å²) in [7, 11) is 0.